The molecular formula is C10H7ClN4O3S. The Bertz CT molecular complexity index is 658. The average molecular weight is 299 g/mol. The predicted octanol–water partition coefficient (Wildman–Crippen LogP) is 2.66. The van der Waals surface area contributed by atoms with E-state index in [-0.39, 0.29) is 16.4 Å². The molecule has 98 valence electrons. The second-order valence-electron chi connectivity index (χ2n) is 3.54. The van der Waals surface area contributed by atoms with Crippen molar-refractivity contribution in [1.82, 2.24) is 9.97 Å². The van der Waals surface area contributed by atoms with Gasteiger partial charge in [0.05, 0.1) is 16.2 Å². The van der Waals surface area contributed by atoms with E-state index >= 15 is 0 Å². The highest BCUT2D eigenvalue weighted by Crippen LogP contribution is 2.21. The van der Waals surface area contributed by atoms with Crippen LogP contribution >= 0.6 is 22.9 Å². The van der Waals surface area contributed by atoms with E-state index in [4.69, 9.17) is 11.6 Å². The lowest BCUT2D eigenvalue weighted by molar-refractivity contribution is -0.385. The molecule has 1 amide bonds. The first-order valence-corrected chi connectivity index (χ1v) is 6.26. The molecule has 0 saturated carbocycles. The fourth-order valence-corrected chi connectivity index (χ4v) is 2.14. The van der Waals surface area contributed by atoms with E-state index in [1.54, 1.807) is 12.3 Å². The minimum absolute atomic E-state index is 0.0660. The molecule has 0 aliphatic rings. The molecule has 0 aliphatic heterocycles. The van der Waals surface area contributed by atoms with Crippen LogP contribution in [0, 0.1) is 17.0 Å². The minimum Gasteiger partial charge on any atom is -0.298 e. The van der Waals surface area contributed by atoms with Gasteiger partial charge in [-0.25, -0.2) is 9.97 Å². The van der Waals surface area contributed by atoms with Crippen molar-refractivity contribution in [3.05, 3.63) is 44.2 Å². The van der Waals surface area contributed by atoms with Gasteiger partial charge in [-0.2, -0.15) is 0 Å². The number of thiazole rings is 1. The molecule has 0 fully saturated rings. The van der Waals surface area contributed by atoms with Crippen LogP contribution in [-0.4, -0.2) is 20.8 Å². The maximum absolute atomic E-state index is 11.9. The summed E-state index contributed by atoms with van der Waals surface area (Å²) in [4.78, 5) is 29.6. The average Bonchev–Trinajstić information content (AvgIpc) is 2.74. The third-order valence-electron chi connectivity index (χ3n) is 2.12. The van der Waals surface area contributed by atoms with Crippen LogP contribution in [0.2, 0.25) is 5.15 Å². The summed E-state index contributed by atoms with van der Waals surface area (Å²) < 4.78 is 0. The van der Waals surface area contributed by atoms with E-state index in [1.165, 1.54) is 11.3 Å². The van der Waals surface area contributed by atoms with Gasteiger partial charge in [0.1, 0.15) is 11.3 Å². The first kappa shape index (κ1) is 13.4. The molecule has 0 atom stereocenters. The molecule has 0 unspecified atom stereocenters. The first-order valence-electron chi connectivity index (χ1n) is 5.01. The van der Waals surface area contributed by atoms with Crippen molar-refractivity contribution in [2.75, 3.05) is 5.32 Å². The molecule has 0 spiro atoms. The maximum Gasteiger partial charge on any atom is 0.288 e. The van der Waals surface area contributed by atoms with Gasteiger partial charge in [0.25, 0.3) is 11.6 Å². The number of amides is 1. The standard InChI is InChI=1S/C10H7ClN4O3S/c1-5-4-19-10(13-5)14-9(16)7-2-6(15(17)18)3-12-8(7)11/h2-4H,1H3,(H,13,14,16). The molecule has 2 aromatic heterocycles. The van der Waals surface area contributed by atoms with E-state index < -0.39 is 10.8 Å². The molecule has 0 aliphatic carbocycles. The topological polar surface area (TPSA) is 98.0 Å². The SMILES string of the molecule is Cc1csc(NC(=O)c2cc([N+](=O)[O-])cnc2Cl)n1. The molecule has 2 rings (SSSR count). The van der Waals surface area contributed by atoms with Crippen molar-refractivity contribution in [1.29, 1.82) is 0 Å². The zero-order chi connectivity index (χ0) is 14.0. The van der Waals surface area contributed by atoms with Gasteiger partial charge >= 0.3 is 0 Å². The van der Waals surface area contributed by atoms with Crippen LogP contribution in [0.15, 0.2) is 17.6 Å². The number of halogens is 1. The summed E-state index contributed by atoms with van der Waals surface area (Å²) >= 11 is 7.00. The Morgan fingerprint density at radius 3 is 2.89 bits per heavy atom. The number of aromatic nitrogens is 2. The third kappa shape index (κ3) is 3.04. The van der Waals surface area contributed by atoms with Gasteiger partial charge < -0.3 is 0 Å². The van der Waals surface area contributed by atoms with E-state index in [0.29, 0.717) is 5.13 Å². The molecule has 0 radical (unpaired) electrons. The quantitative estimate of drug-likeness (QED) is 0.533. The number of carbonyl (C=O) groups excluding carboxylic acids is 1. The molecule has 1 N–H and O–H groups in total. The molecule has 0 saturated heterocycles. The zero-order valence-corrected chi connectivity index (χ0v) is 11.2. The lowest BCUT2D eigenvalue weighted by Crippen LogP contribution is -2.13. The molecular weight excluding hydrogens is 292 g/mol. The van der Waals surface area contributed by atoms with Crippen molar-refractivity contribution in [3.8, 4) is 0 Å². The number of pyridine rings is 1. The maximum atomic E-state index is 11.9. The molecule has 0 bridgehead atoms. The zero-order valence-electron chi connectivity index (χ0n) is 9.58. The van der Waals surface area contributed by atoms with Crippen molar-refractivity contribution in [2.45, 2.75) is 6.92 Å². The number of rotatable bonds is 3. The highest BCUT2D eigenvalue weighted by atomic mass is 35.5. The number of hydrogen-bond acceptors (Lipinski definition) is 6. The second-order valence-corrected chi connectivity index (χ2v) is 4.75. The molecule has 9 heteroatoms. The third-order valence-corrected chi connectivity index (χ3v) is 3.30. The van der Waals surface area contributed by atoms with E-state index in [2.05, 4.69) is 15.3 Å². The molecule has 2 aromatic rings. The number of hydrogen-bond donors (Lipinski definition) is 1. The molecule has 19 heavy (non-hydrogen) atoms. The Morgan fingerprint density at radius 1 is 1.58 bits per heavy atom. The first-order chi connectivity index (χ1) is 8.97. The number of aryl methyl sites for hydroxylation is 1. The van der Waals surface area contributed by atoms with Gasteiger partial charge in [0.2, 0.25) is 0 Å². The summed E-state index contributed by atoms with van der Waals surface area (Å²) in [7, 11) is 0. The van der Waals surface area contributed by atoms with Gasteiger partial charge in [0, 0.05) is 11.4 Å². The predicted molar refractivity (Wildman–Crippen MR) is 70.7 cm³/mol. The molecule has 7 nitrogen and oxygen atoms in total. The number of nitrogens with one attached hydrogen (secondary N) is 1. The lowest BCUT2D eigenvalue weighted by Gasteiger charge is -2.03. The highest BCUT2D eigenvalue weighted by Gasteiger charge is 2.18. The summed E-state index contributed by atoms with van der Waals surface area (Å²) in [6.45, 7) is 1.79. The van der Waals surface area contributed by atoms with Gasteiger partial charge in [-0.05, 0) is 6.92 Å². The van der Waals surface area contributed by atoms with Crippen LogP contribution in [0.3, 0.4) is 0 Å². The minimum atomic E-state index is -0.645. The molecule has 0 aromatic carbocycles. The van der Waals surface area contributed by atoms with Crippen LogP contribution in [0.5, 0.6) is 0 Å². The summed E-state index contributed by atoms with van der Waals surface area (Å²) in [5, 5.41) is 15.2. The van der Waals surface area contributed by atoms with Crippen LogP contribution in [-0.2, 0) is 0 Å². The number of carbonyl (C=O) groups is 1. The normalized spacial score (nSPS) is 10.2. The number of anilines is 1. The largest absolute Gasteiger partial charge is 0.298 e. The summed E-state index contributed by atoms with van der Waals surface area (Å²) in [5.74, 6) is -0.587. The number of nitro groups is 1. The highest BCUT2D eigenvalue weighted by molar-refractivity contribution is 7.13. The van der Waals surface area contributed by atoms with Crippen LogP contribution in [0.25, 0.3) is 0 Å². The Balaban J connectivity index is 2.27. The van der Waals surface area contributed by atoms with Gasteiger partial charge in [0.15, 0.2) is 5.13 Å². The van der Waals surface area contributed by atoms with E-state index in [9.17, 15) is 14.9 Å². The summed E-state index contributed by atoms with van der Waals surface area (Å²) in [6.07, 6.45) is 0.993. The van der Waals surface area contributed by atoms with E-state index in [1.807, 2.05) is 0 Å². The Hall–Kier alpha value is -2.06. The Labute approximate surface area is 116 Å². The van der Waals surface area contributed by atoms with Crippen molar-refractivity contribution in [3.63, 3.8) is 0 Å². The van der Waals surface area contributed by atoms with Crippen LogP contribution in [0.1, 0.15) is 16.1 Å². The molecule has 2 heterocycles. The monoisotopic (exact) mass is 298 g/mol. The fraction of sp³-hybridized carbons (Fsp3) is 0.100. The smallest absolute Gasteiger partial charge is 0.288 e. The summed E-state index contributed by atoms with van der Waals surface area (Å²) in [6, 6.07) is 1.07. The van der Waals surface area contributed by atoms with Crippen molar-refractivity contribution in [2.24, 2.45) is 0 Å². The Morgan fingerprint density at radius 2 is 2.32 bits per heavy atom. The fourth-order valence-electron chi connectivity index (χ4n) is 1.27. The van der Waals surface area contributed by atoms with Crippen molar-refractivity contribution >= 4 is 39.7 Å². The Kier molecular flexibility index (Phi) is 3.72. The lowest BCUT2D eigenvalue weighted by atomic mass is 10.2. The van der Waals surface area contributed by atoms with Gasteiger partial charge in [-0.15, -0.1) is 11.3 Å². The van der Waals surface area contributed by atoms with Crippen molar-refractivity contribution < 1.29 is 9.72 Å². The second kappa shape index (κ2) is 5.29. The van der Waals surface area contributed by atoms with E-state index in [0.717, 1.165) is 18.0 Å². The van der Waals surface area contributed by atoms with Crippen LogP contribution in [0.4, 0.5) is 10.8 Å². The van der Waals surface area contributed by atoms with Gasteiger partial charge in [-0.3, -0.25) is 20.2 Å². The number of nitrogens with zero attached hydrogens (tertiary/aromatic N) is 3. The van der Waals surface area contributed by atoms with Crippen LogP contribution < -0.4 is 5.32 Å². The summed E-state index contributed by atoms with van der Waals surface area (Å²) in [5.41, 5.74) is 0.400. The van der Waals surface area contributed by atoms with Gasteiger partial charge in [-0.1, -0.05) is 11.6 Å².